The molecule has 1 unspecified atom stereocenters. The zero-order valence-electron chi connectivity index (χ0n) is 24.4. The summed E-state index contributed by atoms with van der Waals surface area (Å²) >= 11 is 1.66. The van der Waals surface area contributed by atoms with Crippen molar-refractivity contribution in [3.05, 3.63) is 120 Å². The van der Waals surface area contributed by atoms with Crippen LogP contribution in [0.4, 0.5) is 0 Å². The second kappa shape index (κ2) is 17.2. The lowest BCUT2D eigenvalue weighted by Gasteiger charge is -2.34. The molecule has 2 N–H and O–H groups in total. The van der Waals surface area contributed by atoms with Crippen LogP contribution in [0, 0.1) is 0 Å². The van der Waals surface area contributed by atoms with Gasteiger partial charge in [0.2, 0.25) is 0 Å². The maximum atomic E-state index is 12.7. The summed E-state index contributed by atoms with van der Waals surface area (Å²) in [7, 11) is -1.24. The fourth-order valence-electron chi connectivity index (χ4n) is 4.70. The van der Waals surface area contributed by atoms with Crippen molar-refractivity contribution in [3.63, 3.8) is 0 Å². The molecule has 1 atom stereocenters. The lowest BCUT2D eigenvalue weighted by atomic mass is 10.2. The fourth-order valence-corrected chi connectivity index (χ4v) is 6.16. The summed E-state index contributed by atoms with van der Waals surface area (Å²) in [4.78, 5) is 6.87. The standard InChI is InChI=1S/C34H40N4O3S2/c39-43(34-17-13-32(14-18-34)41-28-30-9-5-2-6-10-30)36-20-22-38-25-23-37(24-26-38)21-19-35-42-33-15-11-31(12-16-33)40-27-29-7-3-1-4-8-29/h1-18,35-36H,19-28H2. The Bertz CT molecular complexity index is 1370. The summed E-state index contributed by atoms with van der Waals surface area (Å²) in [6.45, 7) is 8.77. The molecule has 1 heterocycles. The van der Waals surface area contributed by atoms with Crippen LogP contribution in [0.3, 0.4) is 0 Å². The summed E-state index contributed by atoms with van der Waals surface area (Å²) in [5, 5.41) is 0. The van der Waals surface area contributed by atoms with Gasteiger partial charge in [-0.05, 0) is 71.6 Å². The van der Waals surface area contributed by atoms with Crippen LogP contribution in [0.15, 0.2) is 119 Å². The number of nitrogens with zero attached hydrogens (tertiary/aromatic N) is 2. The van der Waals surface area contributed by atoms with Crippen molar-refractivity contribution in [1.29, 1.82) is 0 Å². The number of piperazine rings is 1. The normalized spacial score (nSPS) is 14.8. The molecule has 0 aromatic heterocycles. The van der Waals surface area contributed by atoms with E-state index in [0.717, 1.165) is 67.8 Å². The minimum absolute atomic E-state index is 0.519. The molecule has 9 heteroatoms. The van der Waals surface area contributed by atoms with Gasteiger partial charge in [-0.15, -0.1) is 0 Å². The molecule has 0 bridgehead atoms. The molecule has 5 rings (SSSR count). The van der Waals surface area contributed by atoms with E-state index in [9.17, 15) is 4.21 Å². The molecule has 0 saturated carbocycles. The molecule has 7 nitrogen and oxygen atoms in total. The van der Waals surface area contributed by atoms with E-state index in [1.54, 1.807) is 11.9 Å². The Morgan fingerprint density at radius 2 is 1.12 bits per heavy atom. The van der Waals surface area contributed by atoms with Crippen LogP contribution >= 0.6 is 11.9 Å². The minimum atomic E-state index is -1.24. The topological polar surface area (TPSA) is 66.1 Å². The van der Waals surface area contributed by atoms with Gasteiger partial charge in [0.1, 0.15) is 35.7 Å². The Morgan fingerprint density at radius 1 is 0.628 bits per heavy atom. The predicted octanol–water partition coefficient (Wildman–Crippen LogP) is 5.37. The van der Waals surface area contributed by atoms with Crippen molar-refractivity contribution in [1.82, 2.24) is 19.2 Å². The zero-order chi connectivity index (χ0) is 29.5. The molecule has 1 aliphatic heterocycles. The molecule has 226 valence electrons. The first-order valence-electron chi connectivity index (χ1n) is 14.7. The van der Waals surface area contributed by atoms with Crippen molar-refractivity contribution in [2.45, 2.75) is 23.0 Å². The number of hydrogen-bond acceptors (Lipinski definition) is 7. The van der Waals surface area contributed by atoms with Crippen LogP contribution in [0.25, 0.3) is 0 Å². The molecular weight excluding hydrogens is 577 g/mol. The third-order valence-corrected chi connectivity index (χ3v) is 9.23. The Hall–Kier alpha value is -3.18. The molecule has 0 spiro atoms. The van der Waals surface area contributed by atoms with Gasteiger partial charge in [-0.1, -0.05) is 60.7 Å². The van der Waals surface area contributed by atoms with E-state index < -0.39 is 11.0 Å². The smallest absolute Gasteiger partial charge is 0.124 e. The van der Waals surface area contributed by atoms with Gasteiger partial charge in [0.05, 0.1) is 4.90 Å². The highest BCUT2D eigenvalue weighted by Crippen LogP contribution is 2.20. The monoisotopic (exact) mass is 616 g/mol. The highest BCUT2D eigenvalue weighted by molar-refractivity contribution is 7.97. The van der Waals surface area contributed by atoms with Gasteiger partial charge in [0.15, 0.2) is 0 Å². The first-order valence-corrected chi connectivity index (χ1v) is 16.7. The quantitative estimate of drug-likeness (QED) is 0.130. The Labute approximate surface area is 262 Å². The summed E-state index contributed by atoms with van der Waals surface area (Å²) in [6, 6.07) is 36.0. The number of benzene rings is 4. The maximum Gasteiger partial charge on any atom is 0.124 e. The van der Waals surface area contributed by atoms with Crippen LogP contribution in [0.5, 0.6) is 11.5 Å². The van der Waals surface area contributed by atoms with E-state index in [4.69, 9.17) is 9.47 Å². The SMILES string of the molecule is O=S(NCCN1CCN(CCNSc2ccc(OCc3ccccc3)cc2)CC1)c1ccc(OCc2ccccc2)cc1. The number of ether oxygens (including phenoxy) is 2. The molecule has 0 amide bonds. The molecular formula is C34H40N4O3S2. The van der Waals surface area contributed by atoms with Crippen molar-refractivity contribution < 1.29 is 13.7 Å². The third kappa shape index (κ3) is 10.8. The highest BCUT2D eigenvalue weighted by atomic mass is 32.2. The van der Waals surface area contributed by atoms with Crippen LogP contribution in [0.2, 0.25) is 0 Å². The lowest BCUT2D eigenvalue weighted by molar-refractivity contribution is 0.136. The van der Waals surface area contributed by atoms with E-state index in [1.807, 2.05) is 84.9 Å². The van der Waals surface area contributed by atoms with Crippen LogP contribution in [-0.4, -0.2) is 66.4 Å². The second-order valence-corrected chi connectivity index (χ2v) is 12.6. The van der Waals surface area contributed by atoms with E-state index in [2.05, 4.69) is 43.5 Å². The van der Waals surface area contributed by atoms with Gasteiger partial charge < -0.3 is 9.47 Å². The average molecular weight is 617 g/mol. The first kappa shape index (κ1) is 31.3. The van der Waals surface area contributed by atoms with E-state index in [0.29, 0.717) is 19.8 Å². The summed E-state index contributed by atoms with van der Waals surface area (Å²) in [5.41, 5.74) is 2.29. The Balaban J connectivity index is 0.901. The van der Waals surface area contributed by atoms with Crippen LogP contribution < -0.4 is 18.9 Å². The van der Waals surface area contributed by atoms with Crippen molar-refractivity contribution in [2.75, 3.05) is 52.4 Å². The summed E-state index contributed by atoms with van der Waals surface area (Å²) < 4.78 is 31.1. The molecule has 4 aromatic carbocycles. The molecule has 4 aromatic rings. The van der Waals surface area contributed by atoms with Crippen LogP contribution in [0.1, 0.15) is 11.1 Å². The van der Waals surface area contributed by atoms with Gasteiger partial charge in [0.25, 0.3) is 0 Å². The molecule has 1 saturated heterocycles. The molecule has 0 radical (unpaired) electrons. The molecule has 1 fully saturated rings. The minimum Gasteiger partial charge on any atom is -0.489 e. The number of hydrogen-bond donors (Lipinski definition) is 2. The van der Waals surface area contributed by atoms with Crippen LogP contribution in [-0.2, 0) is 24.2 Å². The van der Waals surface area contributed by atoms with Crippen molar-refractivity contribution in [2.24, 2.45) is 0 Å². The van der Waals surface area contributed by atoms with E-state index >= 15 is 0 Å². The van der Waals surface area contributed by atoms with Gasteiger partial charge in [-0.2, -0.15) is 0 Å². The molecule has 0 aliphatic carbocycles. The van der Waals surface area contributed by atoms with Gasteiger partial charge in [-0.25, -0.2) is 8.93 Å². The van der Waals surface area contributed by atoms with E-state index in [-0.39, 0.29) is 0 Å². The van der Waals surface area contributed by atoms with Gasteiger partial charge in [0, 0.05) is 57.3 Å². The fraction of sp³-hybridized carbons (Fsp3) is 0.294. The Kier molecular flexibility index (Phi) is 12.5. The van der Waals surface area contributed by atoms with Gasteiger partial charge in [-0.3, -0.25) is 14.5 Å². The van der Waals surface area contributed by atoms with E-state index in [1.165, 1.54) is 10.5 Å². The lowest BCUT2D eigenvalue weighted by Crippen LogP contribution is -2.49. The number of nitrogens with one attached hydrogen (secondary N) is 2. The average Bonchev–Trinajstić information content (AvgIpc) is 3.07. The largest absolute Gasteiger partial charge is 0.489 e. The molecule has 1 aliphatic rings. The summed E-state index contributed by atoms with van der Waals surface area (Å²) in [5.74, 6) is 1.65. The summed E-state index contributed by atoms with van der Waals surface area (Å²) in [6.07, 6.45) is 0. The maximum absolute atomic E-state index is 12.7. The first-order chi connectivity index (χ1) is 21.2. The highest BCUT2D eigenvalue weighted by Gasteiger charge is 2.16. The van der Waals surface area contributed by atoms with Crippen molar-refractivity contribution >= 4 is 22.9 Å². The predicted molar refractivity (Wildman–Crippen MR) is 176 cm³/mol. The number of rotatable bonds is 16. The Morgan fingerprint density at radius 3 is 1.65 bits per heavy atom. The zero-order valence-corrected chi connectivity index (χ0v) is 26.0. The second-order valence-electron chi connectivity index (χ2n) is 10.3. The molecule has 43 heavy (non-hydrogen) atoms. The van der Waals surface area contributed by atoms with Gasteiger partial charge >= 0.3 is 0 Å². The third-order valence-electron chi connectivity index (χ3n) is 7.20. The van der Waals surface area contributed by atoms with Crippen molar-refractivity contribution in [3.8, 4) is 11.5 Å².